The predicted molar refractivity (Wildman–Crippen MR) is 103 cm³/mol. The molecule has 9 heteroatoms. The number of alkyl halides is 3. The molecule has 0 fully saturated rings. The van der Waals surface area contributed by atoms with E-state index in [1.807, 2.05) is 41.1 Å². The summed E-state index contributed by atoms with van der Waals surface area (Å²) in [5, 5.41) is 4.25. The minimum Gasteiger partial charge on any atom is -0.299 e. The van der Waals surface area contributed by atoms with Crippen LogP contribution in [-0.4, -0.2) is 24.1 Å². The third kappa shape index (κ3) is 3.45. The van der Waals surface area contributed by atoms with Crippen LogP contribution in [0.25, 0.3) is 23.5 Å². The molecule has 4 rings (SSSR count). The number of hydrogen-bond acceptors (Lipinski definition) is 3. The van der Waals surface area contributed by atoms with Gasteiger partial charge in [-0.15, -0.1) is 0 Å². The topological polar surface area (TPSA) is 48.0 Å². The highest BCUT2D eigenvalue weighted by Crippen LogP contribution is 2.31. The van der Waals surface area contributed by atoms with Crippen LogP contribution in [0.5, 0.6) is 0 Å². The van der Waals surface area contributed by atoms with E-state index in [9.17, 15) is 13.2 Å². The summed E-state index contributed by atoms with van der Waals surface area (Å²) in [4.78, 5) is 8.04. The van der Waals surface area contributed by atoms with Crippen LogP contribution in [0.1, 0.15) is 22.9 Å². The van der Waals surface area contributed by atoms with Gasteiger partial charge in [0.05, 0.1) is 11.4 Å². The highest BCUT2D eigenvalue weighted by atomic mass is 79.9. The van der Waals surface area contributed by atoms with Crippen molar-refractivity contribution in [2.75, 3.05) is 0 Å². The first-order valence-corrected chi connectivity index (χ1v) is 9.04. The van der Waals surface area contributed by atoms with Crippen molar-refractivity contribution in [3.05, 3.63) is 76.2 Å². The quantitative estimate of drug-likeness (QED) is 0.434. The molecule has 0 radical (unpaired) electrons. The molecule has 3 heterocycles. The molecule has 28 heavy (non-hydrogen) atoms. The molecule has 0 aliphatic carbocycles. The second kappa shape index (κ2) is 6.90. The van der Waals surface area contributed by atoms with Crippen LogP contribution in [0, 0.1) is 6.92 Å². The Bertz CT molecular complexity index is 1180. The maximum absolute atomic E-state index is 13.0. The summed E-state index contributed by atoms with van der Waals surface area (Å²) in [7, 11) is 0. The third-order valence-electron chi connectivity index (χ3n) is 4.13. The van der Waals surface area contributed by atoms with E-state index in [0.29, 0.717) is 16.1 Å². The summed E-state index contributed by atoms with van der Waals surface area (Å²) in [6.45, 7) is 1.35. The Morgan fingerprint density at radius 3 is 2.46 bits per heavy atom. The van der Waals surface area contributed by atoms with Crippen molar-refractivity contribution < 1.29 is 13.2 Å². The molecule has 0 amide bonds. The van der Waals surface area contributed by atoms with E-state index >= 15 is 0 Å². The van der Waals surface area contributed by atoms with E-state index in [2.05, 4.69) is 31.0 Å². The van der Waals surface area contributed by atoms with Crippen LogP contribution in [-0.2, 0) is 6.18 Å². The molecular formula is C19H13BrF3N5. The highest BCUT2D eigenvalue weighted by Gasteiger charge is 2.36. The molecule has 3 aromatic heterocycles. The number of aromatic nitrogens is 5. The van der Waals surface area contributed by atoms with Crippen LogP contribution in [0.3, 0.4) is 0 Å². The second-order valence-electron chi connectivity index (χ2n) is 6.03. The SMILES string of the molecule is Cc1c(C(F)(F)F)nc2ccc(C=Cc3nc(Br)cn3-c3ccccc3)nn12. The van der Waals surface area contributed by atoms with Crippen molar-refractivity contribution in [1.29, 1.82) is 0 Å². The lowest BCUT2D eigenvalue weighted by molar-refractivity contribution is -0.141. The zero-order valence-corrected chi connectivity index (χ0v) is 16.1. The second-order valence-corrected chi connectivity index (χ2v) is 6.84. The summed E-state index contributed by atoms with van der Waals surface area (Å²) in [6.07, 6.45) is 0.769. The number of halogens is 4. The van der Waals surface area contributed by atoms with Gasteiger partial charge in [-0.3, -0.25) is 4.57 Å². The first-order valence-electron chi connectivity index (χ1n) is 8.25. The first kappa shape index (κ1) is 18.4. The maximum Gasteiger partial charge on any atom is 0.435 e. The minimum absolute atomic E-state index is 0.0497. The Balaban J connectivity index is 1.71. The molecule has 0 N–H and O–H groups in total. The standard InChI is InChI=1S/C19H13BrF3N5/c1-12-18(19(21,22)23)25-17-10-8-13(26-28(12)17)7-9-16-24-15(20)11-27(16)14-5-3-2-4-6-14/h2-11H,1H3. The number of aryl methyl sites for hydroxylation is 1. The van der Waals surface area contributed by atoms with Crippen LogP contribution >= 0.6 is 15.9 Å². The Morgan fingerprint density at radius 1 is 1.00 bits per heavy atom. The van der Waals surface area contributed by atoms with Gasteiger partial charge in [0.2, 0.25) is 0 Å². The molecule has 0 atom stereocenters. The largest absolute Gasteiger partial charge is 0.435 e. The Hall–Kier alpha value is -2.94. The van der Waals surface area contributed by atoms with Crippen molar-refractivity contribution in [3.63, 3.8) is 0 Å². The number of imidazole rings is 2. The van der Waals surface area contributed by atoms with E-state index in [-0.39, 0.29) is 11.3 Å². The van der Waals surface area contributed by atoms with Crippen molar-refractivity contribution in [1.82, 2.24) is 24.1 Å². The molecule has 0 saturated carbocycles. The van der Waals surface area contributed by atoms with E-state index in [4.69, 9.17) is 0 Å². The summed E-state index contributed by atoms with van der Waals surface area (Å²) >= 11 is 3.37. The van der Waals surface area contributed by atoms with Gasteiger partial charge in [0, 0.05) is 11.9 Å². The van der Waals surface area contributed by atoms with Gasteiger partial charge in [0.25, 0.3) is 0 Å². The van der Waals surface area contributed by atoms with Gasteiger partial charge in [-0.25, -0.2) is 14.5 Å². The molecule has 0 bridgehead atoms. The molecule has 0 aliphatic rings. The van der Waals surface area contributed by atoms with Gasteiger partial charge < -0.3 is 0 Å². The lowest BCUT2D eigenvalue weighted by atomic mass is 10.3. The summed E-state index contributed by atoms with van der Waals surface area (Å²) in [5.74, 6) is 0.651. The molecule has 0 aliphatic heterocycles. The van der Waals surface area contributed by atoms with Gasteiger partial charge in [0.15, 0.2) is 11.3 Å². The molecule has 0 spiro atoms. The van der Waals surface area contributed by atoms with Crippen molar-refractivity contribution in [2.24, 2.45) is 0 Å². The first-order chi connectivity index (χ1) is 13.3. The number of hydrogen-bond donors (Lipinski definition) is 0. The zero-order valence-electron chi connectivity index (χ0n) is 14.5. The fourth-order valence-electron chi connectivity index (χ4n) is 2.85. The molecule has 142 valence electrons. The number of para-hydroxylation sites is 1. The summed E-state index contributed by atoms with van der Waals surface area (Å²) in [5.41, 5.74) is 0.593. The molecule has 0 unspecified atom stereocenters. The Labute approximate surface area is 166 Å². The lowest BCUT2D eigenvalue weighted by Crippen LogP contribution is -2.08. The van der Waals surface area contributed by atoms with Crippen LogP contribution in [0.4, 0.5) is 13.2 Å². The molecule has 5 nitrogen and oxygen atoms in total. The Morgan fingerprint density at radius 2 is 1.75 bits per heavy atom. The van der Waals surface area contributed by atoms with Crippen molar-refractivity contribution in [3.8, 4) is 5.69 Å². The average molecular weight is 448 g/mol. The van der Waals surface area contributed by atoms with Gasteiger partial charge in [-0.2, -0.15) is 18.3 Å². The molecular weight excluding hydrogens is 435 g/mol. The van der Waals surface area contributed by atoms with Gasteiger partial charge in [-0.1, -0.05) is 18.2 Å². The Kier molecular flexibility index (Phi) is 4.54. The average Bonchev–Trinajstić information content (AvgIpc) is 3.20. The zero-order chi connectivity index (χ0) is 19.9. The number of fused-ring (bicyclic) bond motifs is 1. The van der Waals surface area contributed by atoms with E-state index < -0.39 is 11.9 Å². The third-order valence-corrected chi connectivity index (χ3v) is 4.51. The maximum atomic E-state index is 13.0. The van der Waals surface area contributed by atoms with Crippen molar-refractivity contribution in [2.45, 2.75) is 13.1 Å². The van der Waals surface area contributed by atoms with E-state index in [0.717, 1.165) is 5.69 Å². The van der Waals surface area contributed by atoms with E-state index in [1.54, 1.807) is 18.2 Å². The highest BCUT2D eigenvalue weighted by molar-refractivity contribution is 9.10. The minimum atomic E-state index is -4.51. The smallest absolute Gasteiger partial charge is 0.299 e. The van der Waals surface area contributed by atoms with Crippen LogP contribution < -0.4 is 0 Å². The summed E-state index contributed by atoms with van der Waals surface area (Å²) < 4.78 is 42.9. The van der Waals surface area contributed by atoms with Gasteiger partial charge in [0.1, 0.15) is 10.4 Å². The van der Waals surface area contributed by atoms with Crippen molar-refractivity contribution >= 4 is 33.7 Å². The number of benzene rings is 1. The fourth-order valence-corrected chi connectivity index (χ4v) is 3.24. The number of rotatable bonds is 3. The predicted octanol–water partition coefficient (Wildman–Crippen LogP) is 5.18. The molecule has 4 aromatic rings. The monoisotopic (exact) mass is 447 g/mol. The van der Waals surface area contributed by atoms with E-state index in [1.165, 1.54) is 17.5 Å². The molecule has 0 saturated heterocycles. The normalized spacial score (nSPS) is 12.3. The van der Waals surface area contributed by atoms with Crippen LogP contribution in [0.15, 0.2) is 53.3 Å². The van der Waals surface area contributed by atoms with Gasteiger partial charge in [-0.05, 0) is 59.3 Å². The molecule has 1 aromatic carbocycles. The summed E-state index contributed by atoms with van der Waals surface area (Å²) in [6, 6.07) is 12.8. The van der Waals surface area contributed by atoms with Crippen LogP contribution in [0.2, 0.25) is 0 Å². The lowest BCUT2D eigenvalue weighted by Gasteiger charge is -2.04. The van der Waals surface area contributed by atoms with Gasteiger partial charge >= 0.3 is 6.18 Å². The fraction of sp³-hybridized carbons (Fsp3) is 0.105. The number of nitrogens with zero attached hydrogens (tertiary/aromatic N) is 5.